The van der Waals surface area contributed by atoms with Gasteiger partial charge in [-0.15, -0.1) is 0 Å². The van der Waals surface area contributed by atoms with Gasteiger partial charge in [-0.2, -0.15) is 10.4 Å². The molecule has 5 nitrogen and oxygen atoms in total. The summed E-state index contributed by atoms with van der Waals surface area (Å²) in [7, 11) is 0. The van der Waals surface area contributed by atoms with Gasteiger partial charge in [-0.25, -0.2) is 4.68 Å². The first kappa shape index (κ1) is 10.7. The molecule has 2 heterocycles. The SMILES string of the molecule is CCC(C#N)n1nc2c(cc1=O)NCCC2. The summed E-state index contributed by atoms with van der Waals surface area (Å²) < 4.78 is 1.30. The lowest BCUT2D eigenvalue weighted by molar-refractivity contribution is 0.494. The number of rotatable bonds is 2. The summed E-state index contributed by atoms with van der Waals surface area (Å²) in [6.45, 7) is 2.76. The Morgan fingerprint density at radius 1 is 1.75 bits per heavy atom. The van der Waals surface area contributed by atoms with Crippen molar-refractivity contribution in [2.24, 2.45) is 0 Å². The van der Waals surface area contributed by atoms with Crippen molar-refractivity contribution >= 4 is 5.69 Å². The normalized spacial score (nSPS) is 15.8. The largest absolute Gasteiger partial charge is 0.383 e. The van der Waals surface area contributed by atoms with Crippen molar-refractivity contribution in [2.75, 3.05) is 11.9 Å². The molecule has 2 rings (SSSR count). The number of nitrogens with zero attached hydrogens (tertiary/aromatic N) is 3. The van der Waals surface area contributed by atoms with Crippen LogP contribution < -0.4 is 10.9 Å². The van der Waals surface area contributed by atoms with E-state index in [4.69, 9.17) is 5.26 Å². The summed E-state index contributed by atoms with van der Waals surface area (Å²) in [6.07, 6.45) is 2.47. The van der Waals surface area contributed by atoms with Gasteiger partial charge in [-0.05, 0) is 19.3 Å². The highest BCUT2D eigenvalue weighted by molar-refractivity contribution is 5.48. The van der Waals surface area contributed by atoms with Gasteiger partial charge in [0.2, 0.25) is 0 Å². The summed E-state index contributed by atoms with van der Waals surface area (Å²) in [5.74, 6) is 0. The number of hydrogen-bond acceptors (Lipinski definition) is 4. The molecular formula is C11H14N4O. The van der Waals surface area contributed by atoms with Crippen LogP contribution in [0.5, 0.6) is 0 Å². The minimum absolute atomic E-state index is 0.207. The van der Waals surface area contributed by atoms with E-state index in [9.17, 15) is 4.79 Å². The van der Waals surface area contributed by atoms with E-state index in [1.54, 1.807) is 6.07 Å². The number of fused-ring (bicyclic) bond motifs is 1. The van der Waals surface area contributed by atoms with Crippen LogP contribution in [0, 0.1) is 11.3 Å². The average molecular weight is 218 g/mol. The van der Waals surface area contributed by atoms with Crippen molar-refractivity contribution in [1.29, 1.82) is 5.26 Å². The second-order valence-corrected chi connectivity index (χ2v) is 3.87. The molecule has 1 aliphatic rings. The molecule has 16 heavy (non-hydrogen) atoms. The van der Waals surface area contributed by atoms with Crippen molar-refractivity contribution in [1.82, 2.24) is 9.78 Å². The van der Waals surface area contributed by atoms with Crippen LogP contribution in [0.3, 0.4) is 0 Å². The monoisotopic (exact) mass is 218 g/mol. The number of aromatic nitrogens is 2. The zero-order chi connectivity index (χ0) is 11.5. The summed E-state index contributed by atoms with van der Waals surface area (Å²) >= 11 is 0. The van der Waals surface area contributed by atoms with Crippen molar-refractivity contribution in [3.8, 4) is 6.07 Å². The van der Waals surface area contributed by atoms with E-state index in [0.29, 0.717) is 6.42 Å². The Labute approximate surface area is 93.7 Å². The second kappa shape index (κ2) is 4.35. The van der Waals surface area contributed by atoms with Gasteiger partial charge in [0.15, 0.2) is 0 Å². The van der Waals surface area contributed by atoms with E-state index in [0.717, 1.165) is 30.8 Å². The third-order valence-corrected chi connectivity index (χ3v) is 2.77. The van der Waals surface area contributed by atoms with Crippen LogP contribution in [0.4, 0.5) is 5.69 Å². The molecule has 0 spiro atoms. The summed E-state index contributed by atoms with van der Waals surface area (Å²) in [4.78, 5) is 11.8. The maximum Gasteiger partial charge on any atom is 0.270 e. The lowest BCUT2D eigenvalue weighted by Crippen LogP contribution is -2.29. The van der Waals surface area contributed by atoms with Gasteiger partial charge in [-0.3, -0.25) is 4.79 Å². The molecule has 0 saturated heterocycles. The quantitative estimate of drug-likeness (QED) is 0.806. The second-order valence-electron chi connectivity index (χ2n) is 3.87. The molecule has 1 aliphatic heterocycles. The maximum absolute atomic E-state index is 11.8. The molecule has 0 radical (unpaired) electrons. The van der Waals surface area contributed by atoms with Gasteiger partial charge in [0.1, 0.15) is 6.04 Å². The third-order valence-electron chi connectivity index (χ3n) is 2.77. The number of nitrogens with one attached hydrogen (secondary N) is 1. The predicted molar refractivity (Wildman–Crippen MR) is 60.2 cm³/mol. The lowest BCUT2D eigenvalue weighted by atomic mass is 10.1. The fourth-order valence-corrected chi connectivity index (χ4v) is 1.86. The molecule has 5 heteroatoms. The Morgan fingerprint density at radius 3 is 3.25 bits per heavy atom. The number of aryl methyl sites for hydroxylation is 1. The Morgan fingerprint density at radius 2 is 2.56 bits per heavy atom. The van der Waals surface area contributed by atoms with Crippen LogP contribution in [0.1, 0.15) is 31.5 Å². The third kappa shape index (κ3) is 1.78. The Kier molecular flexibility index (Phi) is 2.91. The van der Waals surface area contributed by atoms with Crippen molar-refractivity contribution in [3.63, 3.8) is 0 Å². The minimum Gasteiger partial charge on any atom is -0.383 e. The minimum atomic E-state index is -0.459. The maximum atomic E-state index is 11.8. The summed E-state index contributed by atoms with van der Waals surface area (Å²) in [5, 5.41) is 16.4. The fourth-order valence-electron chi connectivity index (χ4n) is 1.86. The highest BCUT2D eigenvalue weighted by Crippen LogP contribution is 2.18. The van der Waals surface area contributed by atoms with Gasteiger partial charge in [0, 0.05) is 12.6 Å². The Hall–Kier alpha value is -1.83. The van der Waals surface area contributed by atoms with Crippen LogP contribution >= 0.6 is 0 Å². The molecule has 0 aliphatic carbocycles. The van der Waals surface area contributed by atoms with Gasteiger partial charge < -0.3 is 5.32 Å². The first-order valence-electron chi connectivity index (χ1n) is 5.52. The van der Waals surface area contributed by atoms with Crippen LogP contribution in [0.2, 0.25) is 0 Å². The number of hydrogen-bond donors (Lipinski definition) is 1. The lowest BCUT2D eigenvalue weighted by Gasteiger charge is -2.18. The molecule has 84 valence electrons. The van der Waals surface area contributed by atoms with E-state index >= 15 is 0 Å². The molecule has 1 aromatic heterocycles. The average Bonchev–Trinajstić information content (AvgIpc) is 2.31. The first-order valence-corrected chi connectivity index (χ1v) is 5.52. The Balaban J connectivity index is 2.48. The smallest absolute Gasteiger partial charge is 0.270 e. The fraction of sp³-hybridized carbons (Fsp3) is 0.545. The molecule has 1 atom stereocenters. The predicted octanol–water partition coefficient (Wildman–Crippen LogP) is 1.08. The summed E-state index contributed by atoms with van der Waals surface area (Å²) in [6, 6.07) is 3.18. The first-order chi connectivity index (χ1) is 7.76. The van der Waals surface area contributed by atoms with E-state index in [2.05, 4.69) is 16.5 Å². The highest BCUT2D eigenvalue weighted by atomic mass is 16.1. The molecule has 1 N–H and O–H groups in total. The number of anilines is 1. The molecule has 0 aromatic carbocycles. The van der Waals surface area contributed by atoms with Crippen LogP contribution in [-0.4, -0.2) is 16.3 Å². The molecule has 0 amide bonds. The van der Waals surface area contributed by atoms with Gasteiger partial charge in [0.05, 0.1) is 17.5 Å². The zero-order valence-electron chi connectivity index (χ0n) is 9.23. The van der Waals surface area contributed by atoms with E-state index in [1.807, 2.05) is 6.92 Å². The van der Waals surface area contributed by atoms with Gasteiger partial charge in [-0.1, -0.05) is 6.92 Å². The van der Waals surface area contributed by atoms with Crippen molar-refractivity contribution in [2.45, 2.75) is 32.2 Å². The number of nitriles is 1. The molecule has 1 unspecified atom stereocenters. The van der Waals surface area contributed by atoms with E-state index in [-0.39, 0.29) is 5.56 Å². The topological polar surface area (TPSA) is 70.7 Å². The van der Waals surface area contributed by atoms with Crippen LogP contribution in [-0.2, 0) is 6.42 Å². The van der Waals surface area contributed by atoms with Crippen LogP contribution in [0.15, 0.2) is 10.9 Å². The molecule has 0 saturated carbocycles. The van der Waals surface area contributed by atoms with Crippen molar-refractivity contribution < 1.29 is 0 Å². The zero-order valence-corrected chi connectivity index (χ0v) is 9.23. The highest BCUT2D eigenvalue weighted by Gasteiger charge is 2.16. The Bertz CT molecular complexity index is 486. The van der Waals surface area contributed by atoms with Gasteiger partial charge in [0.25, 0.3) is 5.56 Å². The summed E-state index contributed by atoms with van der Waals surface area (Å²) in [5.41, 5.74) is 1.50. The molecule has 0 fully saturated rings. The molecular weight excluding hydrogens is 204 g/mol. The van der Waals surface area contributed by atoms with E-state index in [1.165, 1.54) is 4.68 Å². The van der Waals surface area contributed by atoms with Crippen molar-refractivity contribution in [3.05, 3.63) is 22.1 Å². The molecule has 0 bridgehead atoms. The van der Waals surface area contributed by atoms with E-state index < -0.39 is 6.04 Å². The van der Waals surface area contributed by atoms with Crippen LogP contribution in [0.25, 0.3) is 0 Å². The molecule has 1 aromatic rings. The standard InChI is InChI=1S/C11H14N4O/c1-2-8(7-12)15-11(16)6-10-9(14-15)4-3-5-13-10/h6,8,13H,2-5H2,1H3. The van der Waals surface area contributed by atoms with Gasteiger partial charge >= 0.3 is 0 Å².